The summed E-state index contributed by atoms with van der Waals surface area (Å²) in [4.78, 5) is 14.4. The number of carbonyl (C=O) groups excluding carboxylic acids is 1. The molecule has 0 saturated heterocycles. The molecular formula is C25H18N4O2S2. The normalized spacial score (nSPS) is 15.7. The van der Waals surface area contributed by atoms with Crippen molar-refractivity contribution in [3.05, 3.63) is 105 Å². The van der Waals surface area contributed by atoms with Crippen LogP contribution in [0, 0.1) is 0 Å². The highest BCUT2D eigenvalue weighted by atomic mass is 32.1. The van der Waals surface area contributed by atoms with Crippen molar-refractivity contribution in [1.82, 2.24) is 14.8 Å². The Balaban J connectivity index is 1.48. The fraction of sp³-hybridized carbons (Fsp3) is 0.0800. The van der Waals surface area contributed by atoms with Crippen LogP contribution in [-0.4, -0.2) is 26.4 Å². The first-order valence-corrected chi connectivity index (χ1v) is 12.3. The summed E-state index contributed by atoms with van der Waals surface area (Å²) in [6, 6.07) is 19.2. The van der Waals surface area contributed by atoms with Gasteiger partial charge in [-0.1, -0.05) is 24.3 Å². The van der Waals surface area contributed by atoms with Gasteiger partial charge in [-0.05, 0) is 47.2 Å². The third kappa shape index (κ3) is 3.63. The van der Waals surface area contributed by atoms with Crippen LogP contribution in [0.25, 0.3) is 16.9 Å². The number of furan rings is 1. The summed E-state index contributed by atoms with van der Waals surface area (Å²) in [5.41, 5.74) is 4.68. The van der Waals surface area contributed by atoms with Crippen molar-refractivity contribution in [3.63, 3.8) is 0 Å². The van der Waals surface area contributed by atoms with Crippen LogP contribution in [0.4, 0.5) is 0 Å². The molecule has 0 spiro atoms. The molecule has 0 fully saturated rings. The zero-order chi connectivity index (χ0) is 22.2. The summed E-state index contributed by atoms with van der Waals surface area (Å²) in [7, 11) is 0. The van der Waals surface area contributed by atoms with Gasteiger partial charge in [-0.15, -0.1) is 11.3 Å². The lowest BCUT2D eigenvalue weighted by Gasteiger charge is -2.20. The maximum absolute atomic E-state index is 13.4. The second-order valence-electron chi connectivity index (χ2n) is 7.60. The second kappa shape index (κ2) is 8.31. The number of amides is 1. The summed E-state index contributed by atoms with van der Waals surface area (Å²) in [6.07, 6.45) is 4.12. The van der Waals surface area contributed by atoms with Gasteiger partial charge in [0.1, 0.15) is 0 Å². The van der Waals surface area contributed by atoms with E-state index in [-0.39, 0.29) is 17.7 Å². The van der Waals surface area contributed by atoms with Gasteiger partial charge in [0, 0.05) is 29.1 Å². The molecule has 1 aromatic carbocycles. The van der Waals surface area contributed by atoms with E-state index < -0.39 is 0 Å². The molecule has 8 heteroatoms. The predicted octanol–water partition coefficient (Wildman–Crippen LogP) is 6.25. The Morgan fingerprint density at radius 2 is 1.94 bits per heavy atom. The van der Waals surface area contributed by atoms with Crippen molar-refractivity contribution in [2.45, 2.75) is 12.5 Å². The zero-order valence-electron chi connectivity index (χ0n) is 17.4. The quantitative estimate of drug-likeness (QED) is 0.305. The van der Waals surface area contributed by atoms with Crippen LogP contribution in [0.15, 0.2) is 98.8 Å². The van der Waals surface area contributed by atoms with Crippen LogP contribution >= 0.6 is 22.7 Å². The first-order valence-electron chi connectivity index (χ1n) is 10.4. The molecule has 0 aliphatic carbocycles. The van der Waals surface area contributed by atoms with Gasteiger partial charge in [-0.25, -0.2) is 9.69 Å². The number of hydrazone groups is 1. The first kappa shape index (κ1) is 19.9. The smallest absolute Gasteiger partial charge is 0.310 e. The summed E-state index contributed by atoms with van der Waals surface area (Å²) in [5, 5.41) is 17.4. The number of rotatable bonds is 5. The zero-order valence-corrected chi connectivity index (χ0v) is 19.0. The number of carbonyl (C=O) groups is 1. The van der Waals surface area contributed by atoms with Crippen molar-refractivity contribution in [2.75, 3.05) is 0 Å². The van der Waals surface area contributed by atoms with Crippen molar-refractivity contribution in [1.29, 1.82) is 0 Å². The number of thiophene rings is 2. The van der Waals surface area contributed by atoms with Gasteiger partial charge in [0.15, 0.2) is 5.76 Å². The molecule has 0 bridgehead atoms. The summed E-state index contributed by atoms with van der Waals surface area (Å²) in [5.74, 6) is 0.00370. The van der Waals surface area contributed by atoms with Crippen LogP contribution in [0.1, 0.15) is 33.5 Å². The molecule has 1 aliphatic heterocycles. The molecule has 33 heavy (non-hydrogen) atoms. The topological polar surface area (TPSA) is 63.6 Å². The number of benzene rings is 1. The number of nitrogens with zero attached hydrogens (tertiary/aromatic N) is 4. The van der Waals surface area contributed by atoms with Crippen molar-refractivity contribution >= 4 is 34.3 Å². The maximum Gasteiger partial charge on any atom is 0.310 e. The highest BCUT2D eigenvalue weighted by Gasteiger charge is 2.37. The molecule has 1 aliphatic rings. The SMILES string of the molecule is O=C(c1ccco1)N1N=C(c2cccs2)CC1c1cn(-c2ccccc2)nc1-c1ccsc1. The molecular weight excluding hydrogens is 452 g/mol. The van der Waals surface area contributed by atoms with Crippen LogP contribution in [0.3, 0.4) is 0 Å². The summed E-state index contributed by atoms with van der Waals surface area (Å²) < 4.78 is 7.29. The molecule has 1 unspecified atom stereocenters. The van der Waals surface area contributed by atoms with E-state index >= 15 is 0 Å². The minimum absolute atomic E-state index is 0.264. The molecule has 0 N–H and O–H groups in total. The van der Waals surface area contributed by atoms with Gasteiger partial charge in [-0.3, -0.25) is 4.79 Å². The lowest BCUT2D eigenvalue weighted by Crippen LogP contribution is -2.26. The molecule has 6 rings (SSSR count). The Morgan fingerprint density at radius 3 is 2.67 bits per heavy atom. The Morgan fingerprint density at radius 1 is 1.03 bits per heavy atom. The first-order chi connectivity index (χ1) is 16.3. The standard InChI is InChI=1S/C25H18N4O2S2/c30-25(22-8-4-11-31-22)29-21(14-20(26-29)23-9-5-12-33-23)19-15-28(18-6-2-1-3-7-18)27-24(19)17-10-13-32-16-17/h1-13,15-16,21H,14H2. The molecule has 4 aromatic heterocycles. The van der Waals surface area contributed by atoms with E-state index in [1.807, 2.05) is 64.1 Å². The third-order valence-corrected chi connectivity index (χ3v) is 7.17. The molecule has 5 aromatic rings. The highest BCUT2D eigenvalue weighted by molar-refractivity contribution is 7.12. The number of aromatic nitrogens is 2. The van der Waals surface area contributed by atoms with Gasteiger partial charge < -0.3 is 4.42 Å². The Hall–Kier alpha value is -3.75. The number of hydrogen-bond donors (Lipinski definition) is 0. The highest BCUT2D eigenvalue weighted by Crippen LogP contribution is 2.40. The Bertz CT molecular complexity index is 1400. The minimum Gasteiger partial charge on any atom is -0.459 e. The van der Waals surface area contributed by atoms with E-state index in [9.17, 15) is 4.79 Å². The van der Waals surface area contributed by atoms with Gasteiger partial charge in [0.25, 0.3) is 0 Å². The average Bonchev–Trinajstić information content (AvgIpc) is 3.69. The molecule has 0 saturated carbocycles. The largest absolute Gasteiger partial charge is 0.459 e. The number of hydrogen-bond acceptors (Lipinski definition) is 6. The fourth-order valence-electron chi connectivity index (χ4n) is 4.01. The number of para-hydroxylation sites is 1. The van der Waals surface area contributed by atoms with Crippen LogP contribution in [0.5, 0.6) is 0 Å². The molecule has 0 radical (unpaired) electrons. The Kier molecular flexibility index (Phi) is 5.01. The van der Waals surface area contributed by atoms with E-state index in [1.54, 1.807) is 39.8 Å². The van der Waals surface area contributed by atoms with E-state index in [0.717, 1.165) is 33.1 Å². The molecule has 1 amide bonds. The average molecular weight is 471 g/mol. The lowest BCUT2D eigenvalue weighted by atomic mass is 9.99. The van der Waals surface area contributed by atoms with Crippen molar-refractivity contribution in [3.8, 4) is 16.9 Å². The maximum atomic E-state index is 13.4. The van der Waals surface area contributed by atoms with Crippen LogP contribution < -0.4 is 0 Å². The van der Waals surface area contributed by atoms with Crippen LogP contribution in [-0.2, 0) is 0 Å². The fourth-order valence-corrected chi connectivity index (χ4v) is 5.37. The monoisotopic (exact) mass is 470 g/mol. The molecule has 6 nitrogen and oxygen atoms in total. The van der Waals surface area contributed by atoms with Crippen LogP contribution in [0.2, 0.25) is 0 Å². The molecule has 1 atom stereocenters. The van der Waals surface area contributed by atoms with E-state index in [4.69, 9.17) is 14.6 Å². The van der Waals surface area contributed by atoms with E-state index in [1.165, 1.54) is 6.26 Å². The van der Waals surface area contributed by atoms with E-state index in [2.05, 4.69) is 11.4 Å². The van der Waals surface area contributed by atoms with Gasteiger partial charge in [0.2, 0.25) is 0 Å². The minimum atomic E-state index is -0.299. The second-order valence-corrected chi connectivity index (χ2v) is 9.32. The summed E-state index contributed by atoms with van der Waals surface area (Å²) in [6.45, 7) is 0. The van der Waals surface area contributed by atoms with Gasteiger partial charge >= 0.3 is 5.91 Å². The molecule has 162 valence electrons. The van der Waals surface area contributed by atoms with E-state index in [0.29, 0.717) is 6.42 Å². The lowest BCUT2D eigenvalue weighted by molar-refractivity contribution is 0.0679. The van der Waals surface area contributed by atoms with Crippen molar-refractivity contribution in [2.24, 2.45) is 5.10 Å². The third-order valence-electron chi connectivity index (χ3n) is 5.57. The predicted molar refractivity (Wildman–Crippen MR) is 130 cm³/mol. The van der Waals surface area contributed by atoms with Gasteiger partial charge in [-0.2, -0.15) is 21.5 Å². The summed E-state index contributed by atoms with van der Waals surface area (Å²) >= 11 is 3.24. The van der Waals surface area contributed by atoms with Gasteiger partial charge in [0.05, 0.1) is 34.3 Å². The molecule has 5 heterocycles. The Labute approximate surface area is 198 Å². The van der Waals surface area contributed by atoms with Crippen molar-refractivity contribution < 1.29 is 9.21 Å².